The predicted octanol–water partition coefficient (Wildman–Crippen LogP) is 6.33. The van der Waals surface area contributed by atoms with Gasteiger partial charge in [0.05, 0.1) is 23.0 Å². The average molecular weight is 531 g/mol. The highest BCUT2D eigenvalue weighted by Gasteiger charge is 2.55. The van der Waals surface area contributed by atoms with E-state index >= 15 is 0 Å². The van der Waals surface area contributed by atoms with Gasteiger partial charge in [0, 0.05) is 30.1 Å². The number of aromatic nitrogens is 1. The largest absolute Gasteiger partial charge is 0.359 e. The van der Waals surface area contributed by atoms with Crippen molar-refractivity contribution in [2.24, 2.45) is 23.0 Å². The topological polar surface area (TPSA) is 97.1 Å². The number of benzene rings is 1. The number of carbonyl (C=O) groups excluding carboxylic acids is 2. The third-order valence-corrected chi connectivity index (χ3v) is 9.16. The fourth-order valence-electron chi connectivity index (χ4n) is 6.06. The van der Waals surface area contributed by atoms with E-state index in [9.17, 15) is 9.59 Å². The van der Waals surface area contributed by atoms with Crippen molar-refractivity contribution in [1.82, 2.24) is 10.3 Å². The number of thiophene rings is 1. The minimum absolute atomic E-state index is 0.0289. The Kier molecular flexibility index (Phi) is 7.43. The van der Waals surface area contributed by atoms with Gasteiger partial charge in [-0.25, -0.2) is 0 Å². The van der Waals surface area contributed by atoms with Crippen LogP contribution in [0.4, 0.5) is 5.69 Å². The van der Waals surface area contributed by atoms with Crippen molar-refractivity contribution in [3.63, 3.8) is 0 Å². The van der Waals surface area contributed by atoms with Crippen molar-refractivity contribution in [2.75, 3.05) is 12.4 Å². The number of rotatable bonds is 8. The van der Waals surface area contributed by atoms with Gasteiger partial charge in [-0.15, -0.1) is 0 Å². The van der Waals surface area contributed by atoms with E-state index in [0.29, 0.717) is 23.9 Å². The van der Waals surface area contributed by atoms with Crippen LogP contribution in [0.15, 0.2) is 53.4 Å². The summed E-state index contributed by atoms with van der Waals surface area (Å²) in [5.74, 6) is 1.05. The summed E-state index contributed by atoms with van der Waals surface area (Å²) in [4.78, 5) is 30.1. The number of hydrogen-bond acceptors (Lipinski definition) is 5. The molecule has 0 bridgehead atoms. The molecule has 2 fully saturated rings. The molecule has 0 unspecified atom stereocenters. The van der Waals surface area contributed by atoms with Crippen molar-refractivity contribution >= 4 is 28.8 Å². The minimum Gasteiger partial charge on any atom is -0.359 e. The molecule has 3 aromatic rings. The number of nitrogens with one attached hydrogen (secondary N) is 2. The molecule has 0 spiro atoms. The highest BCUT2D eigenvalue weighted by atomic mass is 32.1. The second kappa shape index (κ2) is 10.6. The molecule has 200 valence electrons. The van der Waals surface area contributed by atoms with E-state index in [0.717, 1.165) is 66.5 Å². The van der Waals surface area contributed by atoms with Crippen molar-refractivity contribution in [1.29, 1.82) is 0 Å². The molecule has 2 aliphatic carbocycles. The molecule has 6 nitrogen and oxygen atoms in total. The fraction of sp³-hybridized carbons (Fsp3) is 0.452. The average Bonchev–Trinajstić information content (AvgIpc) is 3.53. The molecule has 5 rings (SSSR count). The van der Waals surface area contributed by atoms with Crippen LogP contribution in [0.5, 0.6) is 0 Å². The number of pyridine rings is 1. The molecular weight excluding hydrogens is 492 g/mol. The number of hydrogen-bond donors (Lipinski definition) is 3. The van der Waals surface area contributed by atoms with Gasteiger partial charge in [0.1, 0.15) is 0 Å². The molecule has 2 heterocycles. The Morgan fingerprint density at radius 3 is 2.37 bits per heavy atom. The van der Waals surface area contributed by atoms with Crippen molar-refractivity contribution in [3.8, 4) is 22.4 Å². The van der Waals surface area contributed by atoms with E-state index < -0.39 is 5.54 Å². The summed E-state index contributed by atoms with van der Waals surface area (Å²) in [6, 6.07) is 12.3. The maximum absolute atomic E-state index is 13.0. The van der Waals surface area contributed by atoms with Gasteiger partial charge in [-0.05, 0) is 98.2 Å². The van der Waals surface area contributed by atoms with Crippen LogP contribution < -0.4 is 16.4 Å². The third-order valence-electron chi connectivity index (χ3n) is 8.48. The molecule has 7 heteroatoms. The van der Waals surface area contributed by atoms with E-state index in [4.69, 9.17) is 10.7 Å². The first kappa shape index (κ1) is 26.6. The van der Waals surface area contributed by atoms with Crippen LogP contribution in [0.2, 0.25) is 0 Å². The van der Waals surface area contributed by atoms with Crippen molar-refractivity contribution in [2.45, 2.75) is 64.3 Å². The van der Waals surface area contributed by atoms with E-state index in [1.807, 2.05) is 19.9 Å². The van der Waals surface area contributed by atoms with Gasteiger partial charge in [0.2, 0.25) is 11.8 Å². The molecule has 0 radical (unpaired) electrons. The normalized spacial score (nSPS) is 20.5. The van der Waals surface area contributed by atoms with Gasteiger partial charge >= 0.3 is 0 Å². The highest BCUT2D eigenvalue weighted by Crippen LogP contribution is 2.57. The predicted molar refractivity (Wildman–Crippen MR) is 155 cm³/mol. The van der Waals surface area contributed by atoms with Crippen LogP contribution in [0, 0.1) is 17.3 Å². The minimum atomic E-state index is -0.404. The van der Waals surface area contributed by atoms with Gasteiger partial charge in [0.15, 0.2) is 0 Å². The Bertz CT molecular complexity index is 1280. The second-order valence-electron chi connectivity index (χ2n) is 11.6. The number of amides is 2. The van der Waals surface area contributed by atoms with Crippen LogP contribution in [0.3, 0.4) is 0 Å². The smallest absolute Gasteiger partial charge is 0.226 e. The van der Waals surface area contributed by atoms with Crippen LogP contribution in [-0.4, -0.2) is 23.8 Å². The zero-order valence-electron chi connectivity index (χ0n) is 22.5. The quantitative estimate of drug-likeness (QED) is 0.317. The highest BCUT2D eigenvalue weighted by molar-refractivity contribution is 7.08. The zero-order chi connectivity index (χ0) is 26.9. The standard InChI is InChI=1S/C31H38N4O2S/c1-30(2,32)23-10-6-21(7-11-23)28-26(22-12-15-38-19-22)17-25(18-34-28)35-27(36)16-20-4-8-24(9-5-20)31(13-14-31)29(37)33-3/h6-7,10-12,15,17-20,24H,4-5,8-9,13-14,16,32H2,1-3H3,(H,33,37)(H,35,36). The molecule has 4 N–H and O–H groups in total. The molecule has 2 aromatic heterocycles. The molecule has 2 amide bonds. The van der Waals surface area contributed by atoms with Crippen molar-refractivity contribution in [3.05, 3.63) is 58.9 Å². The summed E-state index contributed by atoms with van der Waals surface area (Å²) in [5.41, 5.74) is 11.5. The van der Waals surface area contributed by atoms with Crippen LogP contribution in [0.25, 0.3) is 22.4 Å². The molecule has 1 aromatic carbocycles. The first-order valence-electron chi connectivity index (χ1n) is 13.6. The van der Waals surface area contributed by atoms with Crippen molar-refractivity contribution < 1.29 is 9.59 Å². The summed E-state index contributed by atoms with van der Waals surface area (Å²) in [6.45, 7) is 3.99. The Labute approximate surface area is 229 Å². The Morgan fingerprint density at radius 1 is 1.08 bits per heavy atom. The van der Waals surface area contributed by atoms with Gasteiger partial charge in [-0.1, -0.05) is 24.3 Å². The summed E-state index contributed by atoms with van der Waals surface area (Å²) in [6.07, 6.45) is 8.34. The number of anilines is 1. The zero-order valence-corrected chi connectivity index (χ0v) is 23.4. The Balaban J connectivity index is 1.26. The lowest BCUT2D eigenvalue weighted by atomic mass is 9.73. The summed E-state index contributed by atoms with van der Waals surface area (Å²) < 4.78 is 0. The monoisotopic (exact) mass is 530 g/mol. The molecule has 2 aliphatic rings. The van der Waals surface area contributed by atoms with Gasteiger partial charge in [0.25, 0.3) is 0 Å². The van der Waals surface area contributed by atoms with Gasteiger partial charge < -0.3 is 16.4 Å². The number of carbonyl (C=O) groups is 2. The summed E-state index contributed by atoms with van der Waals surface area (Å²) in [7, 11) is 1.74. The number of nitrogens with zero attached hydrogens (tertiary/aromatic N) is 1. The fourth-order valence-corrected chi connectivity index (χ4v) is 6.71. The third kappa shape index (κ3) is 5.54. The van der Waals surface area contributed by atoms with Gasteiger partial charge in [-0.2, -0.15) is 11.3 Å². The number of nitrogens with two attached hydrogens (primary N) is 1. The molecule has 0 aliphatic heterocycles. The lowest BCUT2D eigenvalue weighted by Gasteiger charge is -2.33. The lowest BCUT2D eigenvalue weighted by molar-refractivity contribution is -0.128. The lowest BCUT2D eigenvalue weighted by Crippen LogP contribution is -2.36. The molecule has 0 saturated heterocycles. The summed E-state index contributed by atoms with van der Waals surface area (Å²) in [5, 5.41) is 10.1. The van der Waals surface area contributed by atoms with Crippen LogP contribution in [0.1, 0.15) is 64.4 Å². The van der Waals surface area contributed by atoms with Crippen LogP contribution >= 0.6 is 11.3 Å². The first-order valence-corrected chi connectivity index (χ1v) is 14.6. The van der Waals surface area contributed by atoms with E-state index in [1.54, 1.807) is 24.6 Å². The van der Waals surface area contributed by atoms with E-state index in [1.165, 1.54) is 0 Å². The maximum Gasteiger partial charge on any atom is 0.226 e. The first-order chi connectivity index (χ1) is 18.2. The SMILES string of the molecule is CNC(=O)C1(C2CCC(CC(=O)Nc3cnc(-c4ccc(C(C)(C)N)cc4)c(-c4ccsc4)c3)CC2)CC1. The van der Waals surface area contributed by atoms with E-state index in [2.05, 4.69) is 51.7 Å². The molecule has 2 saturated carbocycles. The molecule has 0 atom stereocenters. The van der Waals surface area contributed by atoms with Crippen LogP contribution in [-0.2, 0) is 15.1 Å². The maximum atomic E-state index is 13.0. The second-order valence-corrected chi connectivity index (χ2v) is 12.4. The molecular formula is C31H38N4O2S. The van der Waals surface area contributed by atoms with E-state index in [-0.39, 0.29) is 17.2 Å². The Hall–Kier alpha value is -3.03. The Morgan fingerprint density at radius 2 is 1.79 bits per heavy atom. The van der Waals surface area contributed by atoms with Gasteiger partial charge in [-0.3, -0.25) is 14.6 Å². The summed E-state index contributed by atoms with van der Waals surface area (Å²) >= 11 is 1.64. The molecule has 38 heavy (non-hydrogen) atoms.